The Kier molecular flexibility index (Phi) is 4.69. The molecule has 6 heteroatoms. The summed E-state index contributed by atoms with van der Waals surface area (Å²) in [5.74, 6) is 0. The number of nitrogens with zero attached hydrogens (tertiary/aromatic N) is 2. The molecule has 0 radical (unpaired) electrons. The molecule has 0 saturated carbocycles. The maximum Gasteiger partial charge on any atom is 0.407 e. The van der Waals surface area contributed by atoms with Gasteiger partial charge in [0.05, 0.1) is 6.61 Å². The second-order valence-electron chi connectivity index (χ2n) is 5.96. The summed E-state index contributed by atoms with van der Waals surface area (Å²) in [4.78, 5) is 28.1. The number of benzene rings is 1. The molecule has 1 aromatic carbocycles. The van der Waals surface area contributed by atoms with Crippen molar-refractivity contribution in [2.45, 2.75) is 32.2 Å². The molecule has 0 bridgehead atoms. The number of ether oxygens (including phenoxy) is 1. The normalized spacial score (nSPS) is 20.1. The summed E-state index contributed by atoms with van der Waals surface area (Å²) in [6.45, 7) is 4.13. The number of rotatable bonds is 2. The summed E-state index contributed by atoms with van der Waals surface area (Å²) in [6.07, 6.45) is 2.26. The van der Waals surface area contributed by atoms with Gasteiger partial charge in [-0.25, -0.2) is 9.59 Å². The molecule has 3 rings (SSSR count). The lowest BCUT2D eigenvalue weighted by molar-refractivity contribution is 0.136. The number of para-hydroxylation sites is 1. The second kappa shape index (κ2) is 6.89. The minimum Gasteiger partial charge on any atom is -0.450 e. The predicted molar refractivity (Wildman–Crippen MR) is 87.6 cm³/mol. The lowest BCUT2D eigenvalue weighted by Gasteiger charge is -2.35. The molecule has 0 aromatic heterocycles. The van der Waals surface area contributed by atoms with Gasteiger partial charge in [-0.15, -0.1) is 0 Å². The van der Waals surface area contributed by atoms with E-state index in [2.05, 4.69) is 11.4 Å². The van der Waals surface area contributed by atoms with E-state index >= 15 is 0 Å². The Morgan fingerprint density at radius 3 is 2.96 bits per heavy atom. The monoisotopic (exact) mass is 317 g/mol. The fraction of sp³-hybridized carbons (Fsp3) is 0.529. The van der Waals surface area contributed by atoms with E-state index in [1.54, 1.807) is 6.92 Å². The smallest absolute Gasteiger partial charge is 0.407 e. The van der Waals surface area contributed by atoms with E-state index in [0.29, 0.717) is 13.2 Å². The van der Waals surface area contributed by atoms with Crippen LogP contribution in [0.5, 0.6) is 0 Å². The SMILES string of the molecule is CCOC(=O)N[C@H]1CCCN(C(=O)N2CCc3ccccc32)C1. The molecule has 2 aliphatic rings. The largest absolute Gasteiger partial charge is 0.450 e. The maximum atomic E-state index is 12.8. The number of likely N-dealkylation sites (tertiary alicyclic amines) is 1. The first-order valence-electron chi connectivity index (χ1n) is 8.26. The first-order chi connectivity index (χ1) is 11.2. The number of carbonyl (C=O) groups is 2. The lowest BCUT2D eigenvalue weighted by Crippen LogP contribution is -2.53. The molecule has 23 heavy (non-hydrogen) atoms. The van der Waals surface area contributed by atoms with Gasteiger partial charge in [-0.1, -0.05) is 18.2 Å². The standard InChI is InChI=1S/C17H23N3O3/c1-2-23-16(21)18-14-7-5-10-19(12-14)17(22)20-11-9-13-6-3-4-8-15(13)20/h3-4,6,8,14H,2,5,7,9-12H2,1H3,(H,18,21)/t14-/m0/s1. The zero-order valence-electron chi connectivity index (χ0n) is 13.5. The minimum absolute atomic E-state index is 0.0327. The van der Waals surface area contributed by atoms with Gasteiger partial charge >= 0.3 is 12.1 Å². The quantitative estimate of drug-likeness (QED) is 0.911. The number of piperidine rings is 1. The summed E-state index contributed by atoms with van der Waals surface area (Å²) >= 11 is 0. The zero-order chi connectivity index (χ0) is 16.2. The molecule has 1 saturated heterocycles. The number of urea groups is 1. The van der Waals surface area contributed by atoms with Crippen LogP contribution in [0.2, 0.25) is 0 Å². The average molecular weight is 317 g/mol. The molecule has 0 aliphatic carbocycles. The summed E-state index contributed by atoms with van der Waals surface area (Å²) in [5, 5.41) is 2.84. The van der Waals surface area contributed by atoms with Gasteiger partial charge in [0.25, 0.3) is 0 Å². The highest BCUT2D eigenvalue weighted by Crippen LogP contribution is 2.29. The Hall–Kier alpha value is -2.24. The third-order valence-corrected chi connectivity index (χ3v) is 4.41. The van der Waals surface area contributed by atoms with Crippen LogP contribution in [-0.4, -0.2) is 49.3 Å². The first-order valence-corrected chi connectivity index (χ1v) is 8.26. The van der Waals surface area contributed by atoms with Crippen molar-refractivity contribution in [1.29, 1.82) is 0 Å². The molecule has 0 unspecified atom stereocenters. The number of hydrogen-bond donors (Lipinski definition) is 1. The Morgan fingerprint density at radius 2 is 2.13 bits per heavy atom. The van der Waals surface area contributed by atoms with Gasteiger partial charge in [-0.2, -0.15) is 0 Å². The minimum atomic E-state index is -0.404. The molecule has 2 heterocycles. The number of fused-ring (bicyclic) bond motifs is 1. The van der Waals surface area contributed by atoms with Gasteiger partial charge < -0.3 is 15.0 Å². The summed E-state index contributed by atoms with van der Waals surface area (Å²) in [6, 6.07) is 8.04. The van der Waals surface area contributed by atoms with Crippen molar-refractivity contribution in [3.63, 3.8) is 0 Å². The van der Waals surface area contributed by atoms with Crippen LogP contribution >= 0.6 is 0 Å². The highest BCUT2D eigenvalue weighted by Gasteiger charge is 2.31. The summed E-state index contributed by atoms with van der Waals surface area (Å²) in [7, 11) is 0. The number of amides is 3. The Morgan fingerprint density at radius 1 is 1.30 bits per heavy atom. The van der Waals surface area contributed by atoms with E-state index < -0.39 is 6.09 Å². The van der Waals surface area contributed by atoms with Gasteiger partial charge in [0.2, 0.25) is 0 Å². The first kappa shape index (κ1) is 15.6. The summed E-state index contributed by atoms with van der Waals surface area (Å²) < 4.78 is 4.92. The van der Waals surface area contributed by atoms with Crippen LogP contribution < -0.4 is 10.2 Å². The molecule has 1 aromatic rings. The Bertz CT molecular complexity index is 590. The van der Waals surface area contributed by atoms with E-state index in [-0.39, 0.29) is 12.1 Å². The maximum absolute atomic E-state index is 12.8. The van der Waals surface area contributed by atoms with Crippen molar-refractivity contribution >= 4 is 17.8 Å². The average Bonchev–Trinajstić information content (AvgIpc) is 2.98. The van der Waals surface area contributed by atoms with E-state index in [9.17, 15) is 9.59 Å². The van der Waals surface area contributed by atoms with Crippen LogP contribution in [0.15, 0.2) is 24.3 Å². The van der Waals surface area contributed by atoms with Crippen molar-refractivity contribution < 1.29 is 14.3 Å². The van der Waals surface area contributed by atoms with E-state index in [4.69, 9.17) is 4.74 Å². The molecular formula is C17H23N3O3. The van der Waals surface area contributed by atoms with E-state index in [1.807, 2.05) is 28.0 Å². The van der Waals surface area contributed by atoms with Gasteiger partial charge in [0.1, 0.15) is 0 Å². The zero-order valence-corrected chi connectivity index (χ0v) is 13.5. The number of carbonyl (C=O) groups excluding carboxylic acids is 2. The molecular weight excluding hydrogens is 294 g/mol. The molecule has 2 aliphatic heterocycles. The van der Waals surface area contributed by atoms with Crippen LogP contribution in [0.4, 0.5) is 15.3 Å². The molecule has 6 nitrogen and oxygen atoms in total. The van der Waals surface area contributed by atoms with Crippen LogP contribution in [0, 0.1) is 0 Å². The number of anilines is 1. The van der Waals surface area contributed by atoms with Crippen LogP contribution in [0.1, 0.15) is 25.3 Å². The molecule has 124 valence electrons. The van der Waals surface area contributed by atoms with Crippen molar-refractivity contribution in [1.82, 2.24) is 10.2 Å². The molecule has 1 N–H and O–H groups in total. The molecule has 1 atom stereocenters. The van der Waals surface area contributed by atoms with Crippen LogP contribution in [-0.2, 0) is 11.2 Å². The molecule has 3 amide bonds. The Labute approximate surface area is 136 Å². The molecule has 0 spiro atoms. The fourth-order valence-corrected chi connectivity index (χ4v) is 3.32. The predicted octanol–water partition coefficient (Wildman–Crippen LogP) is 2.38. The topological polar surface area (TPSA) is 61.9 Å². The van der Waals surface area contributed by atoms with Gasteiger partial charge in [0.15, 0.2) is 0 Å². The summed E-state index contributed by atoms with van der Waals surface area (Å²) in [5.41, 5.74) is 2.23. The molecule has 1 fully saturated rings. The van der Waals surface area contributed by atoms with Crippen molar-refractivity contribution in [3.8, 4) is 0 Å². The highest BCUT2D eigenvalue weighted by molar-refractivity contribution is 5.94. The van der Waals surface area contributed by atoms with Crippen molar-refractivity contribution in [2.75, 3.05) is 31.1 Å². The number of alkyl carbamates (subject to hydrolysis) is 1. The number of hydrogen-bond acceptors (Lipinski definition) is 3. The van der Waals surface area contributed by atoms with Crippen molar-refractivity contribution in [2.24, 2.45) is 0 Å². The fourth-order valence-electron chi connectivity index (χ4n) is 3.32. The third kappa shape index (κ3) is 3.41. The van der Waals surface area contributed by atoms with Crippen molar-refractivity contribution in [3.05, 3.63) is 29.8 Å². The lowest BCUT2D eigenvalue weighted by atomic mass is 10.1. The van der Waals surface area contributed by atoms with E-state index in [1.165, 1.54) is 5.56 Å². The third-order valence-electron chi connectivity index (χ3n) is 4.41. The van der Waals surface area contributed by atoms with Gasteiger partial charge in [-0.05, 0) is 37.8 Å². The van der Waals surface area contributed by atoms with E-state index in [0.717, 1.165) is 38.0 Å². The van der Waals surface area contributed by atoms with Gasteiger partial charge in [-0.3, -0.25) is 4.90 Å². The van der Waals surface area contributed by atoms with Crippen LogP contribution in [0.3, 0.4) is 0 Å². The van der Waals surface area contributed by atoms with Crippen LogP contribution in [0.25, 0.3) is 0 Å². The number of nitrogens with one attached hydrogen (secondary N) is 1. The second-order valence-corrected chi connectivity index (χ2v) is 5.96. The van der Waals surface area contributed by atoms with Gasteiger partial charge in [0, 0.05) is 31.4 Å². The Balaban J connectivity index is 1.63. The highest BCUT2D eigenvalue weighted by atomic mass is 16.5.